The molecule has 0 aromatic heterocycles. The van der Waals surface area contributed by atoms with Gasteiger partial charge < -0.3 is 5.11 Å². The van der Waals surface area contributed by atoms with Crippen LogP contribution in [0.5, 0.6) is 0 Å². The van der Waals surface area contributed by atoms with Gasteiger partial charge in [0.2, 0.25) is 0 Å². The zero-order valence-electron chi connectivity index (χ0n) is 7.87. The summed E-state index contributed by atoms with van der Waals surface area (Å²) in [5, 5.41) is 9.56. The van der Waals surface area contributed by atoms with Crippen LogP contribution in [-0.2, 0) is 0 Å². The molecule has 1 nitrogen and oxygen atoms in total. The van der Waals surface area contributed by atoms with Crippen LogP contribution in [0, 0.1) is 0 Å². The highest BCUT2D eigenvalue weighted by molar-refractivity contribution is 5.17. The first kappa shape index (κ1) is 11.1. The molecule has 1 aromatic rings. The Balaban J connectivity index is 2.46. The van der Waals surface area contributed by atoms with E-state index in [0.29, 0.717) is 5.56 Å². The number of benzene rings is 1. The fourth-order valence-corrected chi connectivity index (χ4v) is 1.29. The minimum absolute atomic E-state index is 0.0338. The van der Waals surface area contributed by atoms with Gasteiger partial charge in [-0.1, -0.05) is 30.3 Å². The second-order valence-corrected chi connectivity index (χ2v) is 3.24. The van der Waals surface area contributed by atoms with Crippen molar-refractivity contribution in [3.05, 3.63) is 35.9 Å². The van der Waals surface area contributed by atoms with E-state index in [1.807, 2.05) is 6.07 Å². The molecule has 2 unspecified atom stereocenters. The first-order valence-corrected chi connectivity index (χ1v) is 4.67. The average Bonchev–Trinajstić information content (AvgIpc) is 2.19. The quantitative estimate of drug-likeness (QED) is 0.774. The third-order valence-electron chi connectivity index (χ3n) is 2.09. The van der Waals surface area contributed by atoms with Crippen molar-refractivity contribution in [2.45, 2.75) is 25.1 Å². The monoisotopic (exact) mass is 200 g/mol. The molecule has 1 N–H and O–H groups in total. The molecule has 0 fully saturated rings. The summed E-state index contributed by atoms with van der Waals surface area (Å²) in [7, 11) is 0. The van der Waals surface area contributed by atoms with Gasteiger partial charge in [-0.05, 0) is 5.56 Å². The predicted molar refractivity (Wildman–Crippen MR) is 51.5 cm³/mol. The summed E-state index contributed by atoms with van der Waals surface area (Å²) < 4.78 is 24.7. The van der Waals surface area contributed by atoms with Crippen LogP contribution >= 0.6 is 0 Å². The highest BCUT2D eigenvalue weighted by Gasteiger charge is 2.14. The molecule has 0 aliphatic rings. The molecule has 0 amide bonds. The molecular weight excluding hydrogens is 186 g/mol. The van der Waals surface area contributed by atoms with E-state index in [0.717, 1.165) is 0 Å². The summed E-state index contributed by atoms with van der Waals surface area (Å²) in [6.07, 6.45) is -2.27. The molecule has 0 aliphatic carbocycles. The van der Waals surface area contributed by atoms with Crippen molar-refractivity contribution < 1.29 is 13.9 Å². The normalized spacial score (nSPS) is 15.1. The van der Waals surface area contributed by atoms with Crippen molar-refractivity contribution in [1.82, 2.24) is 0 Å². The Hall–Kier alpha value is -0.960. The molecule has 1 rings (SSSR count). The SMILES string of the molecule is OC(CC(F)CCF)c1ccccc1. The summed E-state index contributed by atoms with van der Waals surface area (Å²) in [4.78, 5) is 0. The van der Waals surface area contributed by atoms with E-state index in [9.17, 15) is 13.9 Å². The van der Waals surface area contributed by atoms with Gasteiger partial charge in [0, 0.05) is 12.8 Å². The third kappa shape index (κ3) is 3.42. The molecule has 2 atom stereocenters. The van der Waals surface area contributed by atoms with Crippen molar-refractivity contribution in [1.29, 1.82) is 0 Å². The van der Waals surface area contributed by atoms with Gasteiger partial charge in [-0.25, -0.2) is 4.39 Å². The smallest absolute Gasteiger partial charge is 0.105 e. The molecule has 14 heavy (non-hydrogen) atoms. The number of aliphatic hydroxyl groups excluding tert-OH is 1. The third-order valence-corrected chi connectivity index (χ3v) is 2.09. The largest absolute Gasteiger partial charge is 0.388 e. The number of hydrogen-bond acceptors (Lipinski definition) is 1. The topological polar surface area (TPSA) is 20.2 Å². The summed E-state index contributed by atoms with van der Waals surface area (Å²) in [5.74, 6) is 0. The van der Waals surface area contributed by atoms with E-state index in [2.05, 4.69) is 0 Å². The first-order chi connectivity index (χ1) is 6.74. The van der Waals surface area contributed by atoms with Gasteiger partial charge in [-0.15, -0.1) is 0 Å². The van der Waals surface area contributed by atoms with Gasteiger partial charge in [0.1, 0.15) is 6.17 Å². The van der Waals surface area contributed by atoms with Crippen molar-refractivity contribution in [2.24, 2.45) is 0 Å². The average molecular weight is 200 g/mol. The Kier molecular flexibility index (Phi) is 4.53. The highest BCUT2D eigenvalue weighted by Crippen LogP contribution is 2.20. The number of halogens is 2. The van der Waals surface area contributed by atoms with Crippen LogP contribution in [0.4, 0.5) is 8.78 Å². The lowest BCUT2D eigenvalue weighted by molar-refractivity contribution is 0.120. The van der Waals surface area contributed by atoms with Gasteiger partial charge in [0.15, 0.2) is 0 Å². The first-order valence-electron chi connectivity index (χ1n) is 4.67. The van der Waals surface area contributed by atoms with Gasteiger partial charge >= 0.3 is 0 Å². The van der Waals surface area contributed by atoms with Crippen LogP contribution in [-0.4, -0.2) is 18.0 Å². The molecule has 3 heteroatoms. The van der Waals surface area contributed by atoms with Crippen LogP contribution in [0.15, 0.2) is 30.3 Å². The second kappa shape index (κ2) is 5.70. The van der Waals surface area contributed by atoms with Crippen molar-refractivity contribution >= 4 is 0 Å². The zero-order valence-corrected chi connectivity index (χ0v) is 7.87. The number of hydrogen-bond donors (Lipinski definition) is 1. The van der Waals surface area contributed by atoms with Gasteiger partial charge in [-0.3, -0.25) is 4.39 Å². The lowest BCUT2D eigenvalue weighted by Crippen LogP contribution is -2.08. The molecule has 0 aliphatic heterocycles. The lowest BCUT2D eigenvalue weighted by Gasteiger charge is -2.12. The summed E-state index contributed by atoms with van der Waals surface area (Å²) >= 11 is 0. The Morgan fingerprint density at radius 1 is 1.21 bits per heavy atom. The van der Waals surface area contributed by atoms with Gasteiger partial charge in [-0.2, -0.15) is 0 Å². The number of aliphatic hydroxyl groups is 1. The Morgan fingerprint density at radius 2 is 1.86 bits per heavy atom. The van der Waals surface area contributed by atoms with E-state index in [4.69, 9.17) is 0 Å². The van der Waals surface area contributed by atoms with Crippen LogP contribution in [0.25, 0.3) is 0 Å². The summed E-state index contributed by atoms with van der Waals surface area (Å²) in [6.45, 7) is -0.678. The minimum atomic E-state index is -1.27. The van der Waals surface area contributed by atoms with E-state index in [-0.39, 0.29) is 12.8 Å². The van der Waals surface area contributed by atoms with E-state index >= 15 is 0 Å². The summed E-state index contributed by atoms with van der Waals surface area (Å²) in [5.41, 5.74) is 0.675. The fraction of sp³-hybridized carbons (Fsp3) is 0.455. The molecule has 0 spiro atoms. The molecular formula is C11H14F2O. The van der Waals surface area contributed by atoms with Gasteiger partial charge in [0.25, 0.3) is 0 Å². The summed E-state index contributed by atoms with van der Waals surface area (Å²) in [6, 6.07) is 8.84. The maximum Gasteiger partial charge on any atom is 0.105 e. The molecule has 0 saturated heterocycles. The van der Waals surface area contributed by atoms with Gasteiger partial charge in [0.05, 0.1) is 12.8 Å². The van der Waals surface area contributed by atoms with E-state index in [1.54, 1.807) is 24.3 Å². The Bertz CT molecular complexity index is 251. The minimum Gasteiger partial charge on any atom is -0.388 e. The van der Waals surface area contributed by atoms with Crippen LogP contribution in [0.2, 0.25) is 0 Å². The number of alkyl halides is 2. The van der Waals surface area contributed by atoms with Crippen LogP contribution < -0.4 is 0 Å². The Morgan fingerprint density at radius 3 is 2.43 bits per heavy atom. The van der Waals surface area contributed by atoms with E-state index in [1.165, 1.54) is 0 Å². The second-order valence-electron chi connectivity index (χ2n) is 3.24. The molecule has 0 radical (unpaired) electrons. The zero-order chi connectivity index (χ0) is 10.4. The maximum absolute atomic E-state index is 12.9. The standard InChI is InChI=1S/C11H14F2O/c12-7-6-10(13)8-11(14)9-4-2-1-3-5-9/h1-5,10-11,14H,6-8H2. The predicted octanol–water partition coefficient (Wildman–Crippen LogP) is 2.81. The van der Waals surface area contributed by atoms with E-state index < -0.39 is 19.0 Å². The Labute approximate surface area is 82.4 Å². The molecule has 78 valence electrons. The molecule has 0 heterocycles. The van der Waals surface area contributed by atoms with Crippen molar-refractivity contribution in [2.75, 3.05) is 6.67 Å². The highest BCUT2D eigenvalue weighted by atomic mass is 19.1. The molecule has 1 aromatic carbocycles. The maximum atomic E-state index is 12.9. The molecule has 0 saturated carbocycles. The van der Waals surface area contributed by atoms with Crippen molar-refractivity contribution in [3.63, 3.8) is 0 Å². The van der Waals surface area contributed by atoms with Crippen LogP contribution in [0.3, 0.4) is 0 Å². The molecule has 0 bridgehead atoms. The lowest BCUT2D eigenvalue weighted by atomic mass is 10.0. The van der Waals surface area contributed by atoms with Crippen molar-refractivity contribution in [3.8, 4) is 0 Å². The van der Waals surface area contributed by atoms with Crippen LogP contribution in [0.1, 0.15) is 24.5 Å². The fourth-order valence-electron chi connectivity index (χ4n) is 1.29. The number of rotatable bonds is 5.